The molecule has 0 atom stereocenters. The first-order chi connectivity index (χ1) is 6.15. The van der Waals surface area contributed by atoms with Crippen molar-refractivity contribution >= 4 is 17.3 Å². The van der Waals surface area contributed by atoms with Gasteiger partial charge < -0.3 is 5.73 Å². The molecule has 1 aromatic carbocycles. The van der Waals surface area contributed by atoms with Crippen LogP contribution in [-0.2, 0) is 0 Å². The predicted molar refractivity (Wildman–Crippen MR) is 53.1 cm³/mol. The third-order valence-corrected chi connectivity index (χ3v) is 1.91. The van der Waals surface area contributed by atoms with Crippen LogP contribution in [-0.4, -0.2) is 0 Å². The fraction of sp³-hybridized carbons (Fsp3) is 0.100. The van der Waals surface area contributed by atoms with Crippen LogP contribution >= 0.6 is 11.6 Å². The zero-order chi connectivity index (χ0) is 9.84. The van der Waals surface area contributed by atoms with Crippen LogP contribution in [0.5, 0.6) is 0 Å². The molecule has 0 fully saturated rings. The normalized spacial score (nSPS) is 8.38. The summed E-state index contributed by atoms with van der Waals surface area (Å²) in [5.41, 5.74) is 7.77. The molecule has 0 amide bonds. The highest BCUT2D eigenvalue weighted by Crippen LogP contribution is 2.23. The molecule has 3 heteroatoms. The van der Waals surface area contributed by atoms with Gasteiger partial charge in [0, 0.05) is 11.5 Å². The van der Waals surface area contributed by atoms with E-state index in [-0.39, 0.29) is 0 Å². The third kappa shape index (κ3) is 2.15. The van der Waals surface area contributed by atoms with Gasteiger partial charge in [-0.2, -0.15) is 5.26 Å². The van der Waals surface area contributed by atoms with Gasteiger partial charge in [0.05, 0.1) is 10.7 Å². The van der Waals surface area contributed by atoms with Crippen LogP contribution in [0.2, 0.25) is 5.02 Å². The summed E-state index contributed by atoms with van der Waals surface area (Å²) < 4.78 is 0. The number of benzene rings is 1. The molecule has 1 aromatic rings. The molecule has 0 unspecified atom stereocenters. The van der Waals surface area contributed by atoms with E-state index in [0.29, 0.717) is 16.3 Å². The smallest absolute Gasteiger partial charge is 0.152 e. The minimum absolute atomic E-state index is 0.474. The number of hydrogen-bond donors (Lipinski definition) is 1. The molecule has 64 valence electrons. The Hall–Kier alpha value is -1.64. The van der Waals surface area contributed by atoms with Crippen LogP contribution in [0.15, 0.2) is 12.1 Å². The van der Waals surface area contributed by atoms with E-state index in [4.69, 9.17) is 22.6 Å². The second-order valence-corrected chi connectivity index (χ2v) is 2.96. The summed E-state index contributed by atoms with van der Waals surface area (Å²) in [6, 6.07) is 5.18. The van der Waals surface area contributed by atoms with Crippen molar-refractivity contribution in [1.82, 2.24) is 0 Å². The van der Waals surface area contributed by atoms with Crippen molar-refractivity contribution in [3.05, 3.63) is 28.3 Å². The first-order valence-corrected chi connectivity index (χ1v) is 3.98. The molecule has 0 bridgehead atoms. The van der Waals surface area contributed by atoms with Gasteiger partial charge in [0.1, 0.15) is 0 Å². The molecule has 0 aliphatic rings. The van der Waals surface area contributed by atoms with Crippen molar-refractivity contribution in [3.63, 3.8) is 0 Å². The molecule has 0 aromatic heterocycles. The fourth-order valence-electron chi connectivity index (χ4n) is 0.928. The molecule has 1 rings (SSSR count). The lowest BCUT2D eigenvalue weighted by atomic mass is 10.1. The van der Waals surface area contributed by atoms with Crippen LogP contribution in [0.1, 0.15) is 11.1 Å². The largest absolute Gasteiger partial charge is 0.397 e. The van der Waals surface area contributed by atoms with Crippen LogP contribution in [0.3, 0.4) is 0 Å². The standard InChI is InChI=1S/C10H7ClN2/c1-7-5-8(3-2-4-12)6-9(11)10(7)13/h5-6H,13H2,1H3. The number of nitrogens with zero attached hydrogens (tertiary/aromatic N) is 1. The lowest BCUT2D eigenvalue weighted by Crippen LogP contribution is -1.91. The quantitative estimate of drug-likeness (QED) is 0.503. The zero-order valence-corrected chi connectivity index (χ0v) is 7.81. The van der Waals surface area contributed by atoms with Gasteiger partial charge in [-0.1, -0.05) is 17.5 Å². The van der Waals surface area contributed by atoms with E-state index in [1.807, 2.05) is 6.92 Å². The van der Waals surface area contributed by atoms with Gasteiger partial charge in [0.25, 0.3) is 0 Å². The maximum Gasteiger partial charge on any atom is 0.152 e. The van der Waals surface area contributed by atoms with Crippen LogP contribution in [0.4, 0.5) is 5.69 Å². The number of halogens is 1. The van der Waals surface area contributed by atoms with Crippen LogP contribution in [0, 0.1) is 30.1 Å². The number of nitrogens with two attached hydrogens (primary N) is 1. The Balaban J connectivity index is 3.23. The van der Waals surface area contributed by atoms with Crippen molar-refractivity contribution in [3.8, 4) is 17.9 Å². The van der Waals surface area contributed by atoms with Crippen molar-refractivity contribution in [2.45, 2.75) is 6.92 Å². The summed E-state index contributed by atoms with van der Waals surface area (Å²) >= 11 is 5.82. The van der Waals surface area contributed by atoms with Gasteiger partial charge in [-0.05, 0) is 24.6 Å². The minimum atomic E-state index is 0.474. The second kappa shape index (κ2) is 3.85. The monoisotopic (exact) mass is 190 g/mol. The van der Waals surface area contributed by atoms with E-state index >= 15 is 0 Å². The van der Waals surface area contributed by atoms with E-state index < -0.39 is 0 Å². The highest BCUT2D eigenvalue weighted by atomic mass is 35.5. The van der Waals surface area contributed by atoms with Crippen molar-refractivity contribution in [2.24, 2.45) is 0 Å². The van der Waals surface area contributed by atoms with Gasteiger partial charge in [-0.25, -0.2) is 0 Å². The van der Waals surface area contributed by atoms with Gasteiger partial charge >= 0.3 is 0 Å². The van der Waals surface area contributed by atoms with E-state index in [0.717, 1.165) is 5.56 Å². The van der Waals surface area contributed by atoms with E-state index in [1.165, 1.54) is 0 Å². The lowest BCUT2D eigenvalue weighted by molar-refractivity contribution is 1.45. The summed E-state index contributed by atoms with van der Waals surface area (Å²) in [7, 11) is 0. The molecule has 0 aliphatic heterocycles. The average Bonchev–Trinajstić information content (AvgIpc) is 2.10. The van der Waals surface area contributed by atoms with Gasteiger partial charge in [0.2, 0.25) is 0 Å². The summed E-state index contributed by atoms with van der Waals surface area (Å²) in [5, 5.41) is 8.71. The maximum absolute atomic E-state index is 8.24. The topological polar surface area (TPSA) is 49.8 Å². The maximum atomic E-state index is 8.24. The molecular formula is C10H7ClN2. The molecule has 0 heterocycles. The first-order valence-electron chi connectivity index (χ1n) is 3.61. The molecule has 0 saturated heterocycles. The zero-order valence-electron chi connectivity index (χ0n) is 7.06. The van der Waals surface area contributed by atoms with Crippen molar-refractivity contribution < 1.29 is 0 Å². The molecule has 0 radical (unpaired) electrons. The van der Waals surface area contributed by atoms with E-state index in [1.54, 1.807) is 18.2 Å². The molecule has 2 nitrogen and oxygen atoms in total. The molecule has 13 heavy (non-hydrogen) atoms. The molecule has 0 aliphatic carbocycles. The minimum Gasteiger partial charge on any atom is -0.397 e. The third-order valence-electron chi connectivity index (χ3n) is 1.60. The highest BCUT2D eigenvalue weighted by Gasteiger charge is 2.00. The lowest BCUT2D eigenvalue weighted by Gasteiger charge is -2.02. The fourth-order valence-corrected chi connectivity index (χ4v) is 1.19. The van der Waals surface area contributed by atoms with Gasteiger partial charge in [-0.15, -0.1) is 0 Å². The Kier molecular flexibility index (Phi) is 2.80. The number of anilines is 1. The number of rotatable bonds is 0. The Morgan fingerprint density at radius 3 is 2.69 bits per heavy atom. The molecule has 2 N–H and O–H groups in total. The Morgan fingerprint density at radius 1 is 1.46 bits per heavy atom. The van der Waals surface area contributed by atoms with Gasteiger partial charge in [-0.3, -0.25) is 0 Å². The first kappa shape index (κ1) is 9.45. The Labute approximate surface area is 81.9 Å². The number of nitriles is 1. The predicted octanol–water partition coefficient (Wildman–Crippen LogP) is 2.11. The number of hydrogen-bond acceptors (Lipinski definition) is 2. The van der Waals surface area contributed by atoms with Gasteiger partial charge in [0.15, 0.2) is 6.07 Å². The Bertz CT molecular complexity index is 409. The van der Waals surface area contributed by atoms with Crippen molar-refractivity contribution in [1.29, 1.82) is 5.26 Å². The molecule has 0 saturated carbocycles. The number of aryl methyl sites for hydroxylation is 1. The highest BCUT2D eigenvalue weighted by molar-refractivity contribution is 6.33. The van der Waals surface area contributed by atoms with Crippen molar-refractivity contribution in [2.75, 3.05) is 5.73 Å². The second-order valence-electron chi connectivity index (χ2n) is 2.55. The Morgan fingerprint density at radius 2 is 2.15 bits per heavy atom. The van der Waals surface area contributed by atoms with E-state index in [2.05, 4.69) is 11.8 Å². The molecule has 0 spiro atoms. The van der Waals surface area contributed by atoms with Crippen LogP contribution < -0.4 is 5.73 Å². The summed E-state index contributed by atoms with van der Waals surface area (Å²) in [6.45, 7) is 1.85. The van der Waals surface area contributed by atoms with Crippen LogP contribution in [0.25, 0.3) is 0 Å². The SMILES string of the molecule is Cc1cc(C#CC#N)cc(Cl)c1N. The summed E-state index contributed by atoms with van der Waals surface area (Å²) in [5.74, 6) is 4.95. The molecular weight excluding hydrogens is 184 g/mol. The van der Waals surface area contributed by atoms with E-state index in [9.17, 15) is 0 Å². The number of nitrogen functional groups attached to an aromatic ring is 1. The summed E-state index contributed by atoms with van der Waals surface area (Å²) in [6.07, 6.45) is 0. The summed E-state index contributed by atoms with van der Waals surface area (Å²) in [4.78, 5) is 0. The average molecular weight is 191 g/mol.